The van der Waals surface area contributed by atoms with E-state index in [-0.39, 0.29) is 12.2 Å². The van der Waals surface area contributed by atoms with Crippen molar-refractivity contribution in [2.45, 2.75) is 26.4 Å². The van der Waals surface area contributed by atoms with Crippen molar-refractivity contribution in [3.8, 4) is 0 Å². The van der Waals surface area contributed by atoms with E-state index < -0.39 is 17.5 Å². The first-order valence-electron chi connectivity index (χ1n) is 5.59. The van der Waals surface area contributed by atoms with Crippen molar-refractivity contribution in [2.24, 2.45) is 0 Å². The SMILES string of the molecule is [CH2]CN(C(=O)OC(C)(C)C)c1cc(F)ccc1N. The largest absolute Gasteiger partial charge is 0.443 e. The van der Waals surface area contributed by atoms with Crippen molar-refractivity contribution >= 4 is 17.5 Å². The van der Waals surface area contributed by atoms with Crippen molar-refractivity contribution in [1.82, 2.24) is 0 Å². The third kappa shape index (κ3) is 3.61. The van der Waals surface area contributed by atoms with E-state index in [1.807, 2.05) is 0 Å². The molecule has 18 heavy (non-hydrogen) atoms. The molecular formula is C13H18FN2O2. The summed E-state index contributed by atoms with van der Waals surface area (Å²) in [6.45, 7) is 8.98. The highest BCUT2D eigenvalue weighted by Gasteiger charge is 2.23. The van der Waals surface area contributed by atoms with E-state index in [2.05, 4.69) is 6.92 Å². The van der Waals surface area contributed by atoms with Crippen LogP contribution in [0, 0.1) is 12.7 Å². The van der Waals surface area contributed by atoms with Crippen LogP contribution >= 0.6 is 0 Å². The number of rotatable bonds is 2. The van der Waals surface area contributed by atoms with Crippen LogP contribution in [0.25, 0.3) is 0 Å². The van der Waals surface area contributed by atoms with Gasteiger partial charge in [0.25, 0.3) is 0 Å². The lowest BCUT2D eigenvalue weighted by Gasteiger charge is -2.27. The van der Waals surface area contributed by atoms with Gasteiger partial charge in [0.1, 0.15) is 11.4 Å². The van der Waals surface area contributed by atoms with Crippen LogP contribution in [0.4, 0.5) is 20.6 Å². The molecule has 0 atom stereocenters. The van der Waals surface area contributed by atoms with E-state index in [9.17, 15) is 9.18 Å². The molecule has 0 saturated carbocycles. The second-order valence-electron chi connectivity index (χ2n) is 4.84. The first-order valence-corrected chi connectivity index (χ1v) is 5.59. The van der Waals surface area contributed by atoms with Gasteiger partial charge in [-0.1, -0.05) is 0 Å². The Bertz CT molecular complexity index is 441. The highest BCUT2D eigenvalue weighted by Crippen LogP contribution is 2.25. The van der Waals surface area contributed by atoms with Crippen LogP contribution in [-0.2, 0) is 4.74 Å². The minimum Gasteiger partial charge on any atom is -0.443 e. The maximum absolute atomic E-state index is 13.2. The van der Waals surface area contributed by atoms with Gasteiger partial charge in [0, 0.05) is 6.54 Å². The Balaban J connectivity index is 3.02. The number of nitrogens with two attached hydrogens (primary N) is 1. The van der Waals surface area contributed by atoms with E-state index in [0.29, 0.717) is 5.69 Å². The Morgan fingerprint density at radius 3 is 2.61 bits per heavy atom. The predicted octanol–water partition coefficient (Wildman–Crippen LogP) is 2.98. The monoisotopic (exact) mass is 253 g/mol. The molecule has 0 aliphatic rings. The summed E-state index contributed by atoms with van der Waals surface area (Å²) in [5, 5.41) is 0. The molecule has 2 N–H and O–H groups in total. The number of benzene rings is 1. The van der Waals surface area contributed by atoms with Crippen LogP contribution in [0.15, 0.2) is 18.2 Å². The zero-order valence-corrected chi connectivity index (χ0v) is 10.9. The summed E-state index contributed by atoms with van der Waals surface area (Å²) in [5.74, 6) is -0.471. The highest BCUT2D eigenvalue weighted by molar-refractivity contribution is 5.91. The van der Waals surface area contributed by atoms with E-state index >= 15 is 0 Å². The van der Waals surface area contributed by atoms with Crippen molar-refractivity contribution in [3.05, 3.63) is 30.9 Å². The molecule has 0 aromatic heterocycles. The molecular weight excluding hydrogens is 235 g/mol. The molecule has 99 valence electrons. The van der Waals surface area contributed by atoms with Crippen molar-refractivity contribution in [1.29, 1.82) is 0 Å². The molecule has 4 nitrogen and oxygen atoms in total. The third-order valence-corrected chi connectivity index (χ3v) is 2.12. The van der Waals surface area contributed by atoms with Crippen molar-refractivity contribution in [3.63, 3.8) is 0 Å². The molecule has 1 aromatic carbocycles. The van der Waals surface area contributed by atoms with Gasteiger partial charge in [0.15, 0.2) is 0 Å². The molecule has 1 rings (SSSR count). The van der Waals surface area contributed by atoms with Crippen LogP contribution < -0.4 is 10.6 Å². The van der Waals surface area contributed by atoms with Gasteiger partial charge in [-0.2, -0.15) is 0 Å². The second-order valence-corrected chi connectivity index (χ2v) is 4.84. The van der Waals surface area contributed by atoms with Gasteiger partial charge in [-0.3, -0.25) is 4.90 Å². The smallest absolute Gasteiger partial charge is 0.414 e. The molecule has 0 saturated heterocycles. The molecule has 5 heteroatoms. The molecule has 0 spiro atoms. The fourth-order valence-corrected chi connectivity index (χ4v) is 1.38. The lowest BCUT2D eigenvalue weighted by molar-refractivity contribution is 0.0584. The third-order valence-electron chi connectivity index (χ3n) is 2.12. The molecule has 1 radical (unpaired) electrons. The Hall–Kier alpha value is -1.78. The quantitative estimate of drug-likeness (QED) is 0.824. The van der Waals surface area contributed by atoms with E-state index in [1.54, 1.807) is 20.8 Å². The minimum absolute atomic E-state index is 0.0998. The molecule has 0 unspecified atom stereocenters. The highest BCUT2D eigenvalue weighted by atomic mass is 19.1. The van der Waals surface area contributed by atoms with Crippen LogP contribution in [0.3, 0.4) is 0 Å². The van der Waals surface area contributed by atoms with E-state index in [1.165, 1.54) is 23.1 Å². The zero-order chi connectivity index (χ0) is 13.9. The van der Waals surface area contributed by atoms with E-state index in [4.69, 9.17) is 10.5 Å². The number of nitrogen functional groups attached to an aromatic ring is 1. The first-order chi connectivity index (χ1) is 8.24. The van der Waals surface area contributed by atoms with Crippen molar-refractivity contribution < 1.29 is 13.9 Å². The Kier molecular flexibility index (Phi) is 4.16. The average molecular weight is 253 g/mol. The number of nitrogens with zero attached hydrogens (tertiary/aromatic N) is 1. The number of hydrogen-bond acceptors (Lipinski definition) is 3. The molecule has 0 aliphatic heterocycles. The maximum Gasteiger partial charge on any atom is 0.414 e. The normalized spacial score (nSPS) is 11.2. The van der Waals surface area contributed by atoms with E-state index in [0.717, 1.165) is 0 Å². The zero-order valence-electron chi connectivity index (χ0n) is 10.9. The number of anilines is 2. The molecule has 1 aromatic rings. The summed E-state index contributed by atoms with van der Waals surface area (Å²) in [7, 11) is 0. The van der Waals surface area contributed by atoms with Crippen LogP contribution in [0.5, 0.6) is 0 Å². The molecule has 0 fully saturated rings. The van der Waals surface area contributed by atoms with Crippen LogP contribution in [0.2, 0.25) is 0 Å². The fourth-order valence-electron chi connectivity index (χ4n) is 1.38. The Labute approximate surface area is 107 Å². The summed E-state index contributed by atoms with van der Waals surface area (Å²) >= 11 is 0. The summed E-state index contributed by atoms with van der Waals surface area (Å²) in [6.07, 6.45) is -0.602. The summed E-state index contributed by atoms with van der Waals surface area (Å²) in [5.41, 5.74) is 5.65. The van der Waals surface area contributed by atoms with Gasteiger partial charge in [0.05, 0.1) is 11.4 Å². The summed E-state index contributed by atoms with van der Waals surface area (Å²) in [6, 6.07) is 3.82. The van der Waals surface area contributed by atoms with Gasteiger partial charge < -0.3 is 10.5 Å². The second kappa shape index (κ2) is 5.25. The van der Waals surface area contributed by atoms with Gasteiger partial charge in [-0.05, 0) is 45.9 Å². The first kappa shape index (κ1) is 14.3. The van der Waals surface area contributed by atoms with Crippen LogP contribution in [0.1, 0.15) is 20.8 Å². The Morgan fingerprint density at radius 2 is 2.11 bits per heavy atom. The minimum atomic E-state index is -0.632. The number of ether oxygens (including phenoxy) is 1. The fraction of sp³-hybridized carbons (Fsp3) is 0.385. The van der Waals surface area contributed by atoms with Crippen molar-refractivity contribution in [2.75, 3.05) is 17.2 Å². The Morgan fingerprint density at radius 1 is 1.50 bits per heavy atom. The van der Waals surface area contributed by atoms with Crippen LogP contribution in [-0.4, -0.2) is 18.2 Å². The van der Waals surface area contributed by atoms with Gasteiger partial charge in [-0.25, -0.2) is 9.18 Å². The molecule has 0 bridgehead atoms. The van der Waals surface area contributed by atoms with Gasteiger partial charge >= 0.3 is 6.09 Å². The lowest BCUT2D eigenvalue weighted by atomic mass is 10.2. The number of hydrogen-bond donors (Lipinski definition) is 1. The summed E-state index contributed by atoms with van der Waals surface area (Å²) < 4.78 is 18.4. The molecule has 1 amide bonds. The topological polar surface area (TPSA) is 55.6 Å². The predicted molar refractivity (Wildman–Crippen MR) is 69.7 cm³/mol. The molecule has 0 heterocycles. The van der Waals surface area contributed by atoms with Gasteiger partial charge in [-0.15, -0.1) is 0 Å². The number of amides is 1. The maximum atomic E-state index is 13.2. The van der Waals surface area contributed by atoms with Gasteiger partial charge in [0.2, 0.25) is 0 Å². The molecule has 0 aliphatic carbocycles. The standard InChI is InChI=1S/C13H18FN2O2/c1-5-16(12(17)18-13(2,3)4)11-8-9(14)6-7-10(11)15/h6-8H,1,5,15H2,2-4H3. The summed E-state index contributed by atoms with van der Waals surface area (Å²) in [4.78, 5) is 13.1. The average Bonchev–Trinajstić information content (AvgIpc) is 2.21. The lowest BCUT2D eigenvalue weighted by Crippen LogP contribution is -2.37. The number of carbonyl (C=O) groups is 1. The number of halogens is 1. The number of carbonyl (C=O) groups excluding carboxylic acids is 1.